The number of allylic oxidation sites excluding steroid dienone is 1. The lowest BCUT2D eigenvalue weighted by Gasteiger charge is -2.12. The van der Waals surface area contributed by atoms with Crippen molar-refractivity contribution in [1.82, 2.24) is 10.9 Å². The first-order valence-electron chi connectivity index (χ1n) is 7.81. The van der Waals surface area contributed by atoms with Gasteiger partial charge in [-0.25, -0.2) is 0 Å². The van der Waals surface area contributed by atoms with Gasteiger partial charge in [0.1, 0.15) is 0 Å². The first kappa shape index (κ1) is 19.3. The third-order valence-corrected chi connectivity index (χ3v) is 3.58. The van der Waals surface area contributed by atoms with E-state index in [1.165, 1.54) is 7.11 Å². The van der Waals surface area contributed by atoms with Crippen LogP contribution >= 0.6 is 11.6 Å². The molecule has 0 aliphatic carbocycles. The Morgan fingerprint density at radius 3 is 2.46 bits per heavy atom. The van der Waals surface area contributed by atoms with Gasteiger partial charge >= 0.3 is 0 Å². The van der Waals surface area contributed by atoms with Crippen molar-refractivity contribution in [1.29, 1.82) is 0 Å². The van der Waals surface area contributed by atoms with Crippen LogP contribution in [0.1, 0.15) is 22.8 Å². The lowest BCUT2D eigenvalue weighted by atomic mass is 10.2. The average molecular weight is 375 g/mol. The van der Waals surface area contributed by atoms with Gasteiger partial charge in [0.05, 0.1) is 7.11 Å². The van der Waals surface area contributed by atoms with E-state index in [2.05, 4.69) is 10.9 Å². The predicted octanol–water partition coefficient (Wildman–Crippen LogP) is 3.22. The van der Waals surface area contributed by atoms with E-state index in [1.54, 1.807) is 36.4 Å². The SMILES string of the molecule is CC=Cc1ccc(OCC(=O)NNC(=O)c2ccc(Cl)cc2)c(OC)c1. The van der Waals surface area contributed by atoms with E-state index in [9.17, 15) is 9.59 Å². The number of benzene rings is 2. The zero-order valence-corrected chi connectivity index (χ0v) is 15.2. The molecule has 0 unspecified atom stereocenters. The van der Waals surface area contributed by atoms with Crippen molar-refractivity contribution in [2.75, 3.05) is 13.7 Å². The number of halogens is 1. The van der Waals surface area contributed by atoms with Crippen LogP contribution in [0.15, 0.2) is 48.5 Å². The summed E-state index contributed by atoms with van der Waals surface area (Å²) in [5, 5.41) is 0.522. The van der Waals surface area contributed by atoms with E-state index in [1.807, 2.05) is 25.1 Å². The highest BCUT2D eigenvalue weighted by Gasteiger charge is 2.10. The molecule has 2 rings (SSSR count). The molecule has 0 aromatic heterocycles. The molecule has 0 saturated heterocycles. The molecule has 0 bridgehead atoms. The van der Waals surface area contributed by atoms with Crippen LogP contribution in [-0.4, -0.2) is 25.5 Å². The van der Waals surface area contributed by atoms with E-state index in [-0.39, 0.29) is 6.61 Å². The number of amides is 2. The molecule has 0 aliphatic heterocycles. The van der Waals surface area contributed by atoms with Gasteiger partial charge in [-0.15, -0.1) is 0 Å². The van der Waals surface area contributed by atoms with Gasteiger partial charge < -0.3 is 9.47 Å². The number of carbonyl (C=O) groups is 2. The highest BCUT2D eigenvalue weighted by molar-refractivity contribution is 6.30. The number of nitrogens with one attached hydrogen (secondary N) is 2. The van der Waals surface area contributed by atoms with Crippen LogP contribution in [0.5, 0.6) is 11.5 Å². The van der Waals surface area contributed by atoms with Gasteiger partial charge in [0.25, 0.3) is 11.8 Å². The van der Waals surface area contributed by atoms with E-state index in [0.29, 0.717) is 22.1 Å². The molecule has 136 valence electrons. The van der Waals surface area contributed by atoms with Gasteiger partial charge in [-0.05, 0) is 48.9 Å². The molecule has 0 spiro atoms. The molecule has 0 saturated carbocycles. The van der Waals surface area contributed by atoms with Gasteiger partial charge in [-0.1, -0.05) is 29.8 Å². The lowest BCUT2D eigenvalue weighted by Crippen LogP contribution is -2.43. The van der Waals surface area contributed by atoms with Crippen molar-refractivity contribution in [3.8, 4) is 11.5 Å². The number of hydrazine groups is 1. The smallest absolute Gasteiger partial charge is 0.276 e. The summed E-state index contributed by atoms with van der Waals surface area (Å²) in [5.74, 6) is -0.0197. The maximum absolute atomic E-state index is 11.9. The Balaban J connectivity index is 1.86. The maximum Gasteiger partial charge on any atom is 0.276 e. The van der Waals surface area contributed by atoms with Crippen molar-refractivity contribution < 1.29 is 19.1 Å². The standard InChI is InChI=1S/C19H19ClN2O4/c1-3-4-13-5-10-16(17(11-13)25-2)26-12-18(23)21-22-19(24)14-6-8-15(20)9-7-14/h3-11H,12H2,1-2H3,(H,21,23)(H,22,24). The summed E-state index contributed by atoms with van der Waals surface area (Å²) in [6.45, 7) is 1.64. The third kappa shape index (κ3) is 5.53. The number of carbonyl (C=O) groups excluding carboxylic acids is 2. The van der Waals surface area contributed by atoms with E-state index >= 15 is 0 Å². The van der Waals surface area contributed by atoms with Gasteiger partial charge in [-0.2, -0.15) is 0 Å². The molecular weight excluding hydrogens is 356 g/mol. The summed E-state index contributed by atoms with van der Waals surface area (Å²) < 4.78 is 10.7. The molecule has 2 aromatic carbocycles. The second-order valence-electron chi connectivity index (χ2n) is 5.21. The molecule has 26 heavy (non-hydrogen) atoms. The summed E-state index contributed by atoms with van der Waals surface area (Å²) in [7, 11) is 1.52. The fourth-order valence-electron chi connectivity index (χ4n) is 2.08. The van der Waals surface area contributed by atoms with Crippen LogP contribution in [0.25, 0.3) is 6.08 Å². The lowest BCUT2D eigenvalue weighted by molar-refractivity contribution is -0.123. The molecule has 0 aliphatic rings. The summed E-state index contributed by atoms with van der Waals surface area (Å²) in [5.41, 5.74) is 5.92. The van der Waals surface area contributed by atoms with Crippen LogP contribution in [0.4, 0.5) is 0 Å². The Morgan fingerprint density at radius 1 is 1.08 bits per heavy atom. The molecule has 2 aromatic rings. The third-order valence-electron chi connectivity index (χ3n) is 3.33. The molecule has 7 heteroatoms. The highest BCUT2D eigenvalue weighted by Crippen LogP contribution is 2.28. The minimum Gasteiger partial charge on any atom is -0.493 e. The van der Waals surface area contributed by atoms with Crippen molar-refractivity contribution in [3.05, 3.63) is 64.7 Å². The van der Waals surface area contributed by atoms with Gasteiger partial charge in [0.2, 0.25) is 0 Å². The number of hydrogen-bond donors (Lipinski definition) is 2. The van der Waals surface area contributed by atoms with Crippen molar-refractivity contribution in [3.63, 3.8) is 0 Å². The number of hydrogen-bond acceptors (Lipinski definition) is 4. The fraction of sp³-hybridized carbons (Fsp3) is 0.158. The Morgan fingerprint density at radius 2 is 1.81 bits per heavy atom. The Hall–Kier alpha value is -2.99. The van der Waals surface area contributed by atoms with Crippen molar-refractivity contribution in [2.45, 2.75) is 6.92 Å². The summed E-state index contributed by atoms with van der Waals surface area (Å²) >= 11 is 5.76. The number of ether oxygens (including phenoxy) is 2. The number of rotatable bonds is 6. The molecule has 2 amide bonds. The second kappa shape index (κ2) is 9.48. The second-order valence-corrected chi connectivity index (χ2v) is 5.64. The van der Waals surface area contributed by atoms with Crippen LogP contribution in [0, 0.1) is 0 Å². The zero-order chi connectivity index (χ0) is 18.9. The predicted molar refractivity (Wildman–Crippen MR) is 100 cm³/mol. The summed E-state index contributed by atoms with van der Waals surface area (Å²) in [6, 6.07) is 11.6. The largest absolute Gasteiger partial charge is 0.493 e. The van der Waals surface area contributed by atoms with Crippen LogP contribution in [0.2, 0.25) is 5.02 Å². The summed E-state index contributed by atoms with van der Waals surface area (Å²) in [6.07, 6.45) is 3.83. The topological polar surface area (TPSA) is 76.7 Å². The van der Waals surface area contributed by atoms with Crippen molar-refractivity contribution >= 4 is 29.5 Å². The number of methoxy groups -OCH3 is 1. The zero-order valence-electron chi connectivity index (χ0n) is 14.4. The van der Waals surface area contributed by atoms with E-state index in [4.69, 9.17) is 21.1 Å². The molecular formula is C19H19ClN2O4. The molecule has 0 radical (unpaired) electrons. The monoisotopic (exact) mass is 374 g/mol. The fourth-order valence-corrected chi connectivity index (χ4v) is 2.20. The normalized spacial score (nSPS) is 10.4. The van der Waals surface area contributed by atoms with Crippen LogP contribution in [0.3, 0.4) is 0 Å². The molecule has 6 nitrogen and oxygen atoms in total. The van der Waals surface area contributed by atoms with E-state index < -0.39 is 11.8 Å². The van der Waals surface area contributed by atoms with E-state index in [0.717, 1.165) is 5.56 Å². The van der Waals surface area contributed by atoms with Crippen LogP contribution in [-0.2, 0) is 4.79 Å². The minimum atomic E-state index is -0.508. The highest BCUT2D eigenvalue weighted by atomic mass is 35.5. The van der Waals surface area contributed by atoms with Gasteiger partial charge in [0, 0.05) is 10.6 Å². The van der Waals surface area contributed by atoms with Gasteiger partial charge in [0.15, 0.2) is 18.1 Å². The maximum atomic E-state index is 11.9. The Labute approximate surface area is 156 Å². The molecule has 0 atom stereocenters. The van der Waals surface area contributed by atoms with Crippen molar-refractivity contribution in [2.24, 2.45) is 0 Å². The Kier molecular flexibility index (Phi) is 7.05. The first-order valence-corrected chi connectivity index (χ1v) is 8.19. The Bertz CT molecular complexity index is 804. The van der Waals surface area contributed by atoms with Crippen LogP contribution < -0.4 is 20.3 Å². The van der Waals surface area contributed by atoms with Gasteiger partial charge in [-0.3, -0.25) is 20.4 Å². The summed E-state index contributed by atoms with van der Waals surface area (Å²) in [4.78, 5) is 23.7. The first-order chi connectivity index (χ1) is 12.5. The molecule has 0 fully saturated rings. The molecule has 0 heterocycles. The minimum absolute atomic E-state index is 0.278. The molecule has 2 N–H and O–H groups in total. The quantitative estimate of drug-likeness (QED) is 0.761. The average Bonchev–Trinajstić information content (AvgIpc) is 2.65.